The summed E-state index contributed by atoms with van der Waals surface area (Å²) < 4.78 is 11.6. The van der Waals surface area contributed by atoms with Gasteiger partial charge in [0.2, 0.25) is 0 Å². The highest BCUT2D eigenvalue weighted by molar-refractivity contribution is 6.01. The second-order valence-electron chi connectivity index (χ2n) is 9.09. The summed E-state index contributed by atoms with van der Waals surface area (Å²) in [5.74, 6) is 1.29. The van der Waals surface area contributed by atoms with E-state index in [1.165, 1.54) is 23.1 Å². The Kier molecular flexibility index (Phi) is 8.16. The average molecular weight is 447 g/mol. The van der Waals surface area contributed by atoms with Gasteiger partial charge in [-0.05, 0) is 80.0 Å². The first-order valence-corrected chi connectivity index (χ1v) is 11.6. The summed E-state index contributed by atoms with van der Waals surface area (Å²) in [4.78, 5) is 12.7. The van der Waals surface area contributed by atoms with Crippen molar-refractivity contribution < 1.29 is 14.3 Å². The van der Waals surface area contributed by atoms with Crippen molar-refractivity contribution in [2.75, 3.05) is 7.11 Å². The summed E-state index contributed by atoms with van der Waals surface area (Å²) in [5.41, 5.74) is 5.59. The van der Waals surface area contributed by atoms with Crippen LogP contribution in [-0.2, 0) is 11.4 Å². The zero-order chi connectivity index (χ0) is 24.0. The normalized spacial score (nSPS) is 18.4. The van der Waals surface area contributed by atoms with Crippen LogP contribution in [0.5, 0.6) is 11.5 Å². The van der Waals surface area contributed by atoms with Gasteiger partial charge in [-0.25, -0.2) is 0 Å². The van der Waals surface area contributed by atoms with Crippen LogP contribution < -0.4 is 14.8 Å². The average Bonchev–Trinajstić information content (AvgIpc) is 2.78. The molecule has 1 fully saturated rings. The quantitative estimate of drug-likeness (QED) is 0.431. The Labute approximate surface area is 197 Å². The van der Waals surface area contributed by atoms with E-state index in [-0.39, 0.29) is 17.5 Å². The Morgan fingerprint density at radius 3 is 2.45 bits per heavy atom. The lowest BCUT2D eigenvalue weighted by atomic mass is 9.86. The lowest BCUT2D eigenvalue weighted by Gasteiger charge is -2.29. The molecule has 0 bridgehead atoms. The zero-order valence-electron chi connectivity index (χ0n) is 20.3. The van der Waals surface area contributed by atoms with Gasteiger partial charge in [-0.3, -0.25) is 4.79 Å². The predicted molar refractivity (Wildman–Crippen MR) is 131 cm³/mol. The molecular weight excluding hydrogens is 412 g/mol. The van der Waals surface area contributed by atoms with Gasteiger partial charge in [0.1, 0.15) is 18.2 Å². The molecule has 5 heteroatoms. The number of nitrogens with one attached hydrogen (secondary N) is 1. The predicted octanol–water partition coefficient (Wildman–Crippen LogP) is 5.80. The second-order valence-corrected chi connectivity index (χ2v) is 9.09. The number of benzene rings is 2. The minimum atomic E-state index is -0.319. The maximum atomic E-state index is 12.7. The van der Waals surface area contributed by atoms with Crippen LogP contribution in [0.15, 0.2) is 35.9 Å². The van der Waals surface area contributed by atoms with E-state index in [2.05, 4.69) is 45.1 Å². The first-order valence-electron chi connectivity index (χ1n) is 11.6. The highest BCUT2D eigenvalue weighted by Gasteiger charge is 2.24. The minimum absolute atomic E-state index is 0.0920. The van der Waals surface area contributed by atoms with Crippen molar-refractivity contribution in [1.82, 2.24) is 5.32 Å². The third-order valence-corrected chi connectivity index (χ3v) is 6.50. The number of amides is 1. The van der Waals surface area contributed by atoms with E-state index in [1.54, 1.807) is 19.3 Å². The molecule has 1 amide bonds. The Balaban J connectivity index is 1.74. The molecule has 0 heterocycles. The van der Waals surface area contributed by atoms with Crippen LogP contribution in [0.1, 0.15) is 60.4 Å². The number of methoxy groups -OCH3 is 1. The van der Waals surface area contributed by atoms with Crippen LogP contribution in [0.25, 0.3) is 6.08 Å². The number of hydrogen-bond donors (Lipinski definition) is 1. The minimum Gasteiger partial charge on any atom is -0.493 e. The van der Waals surface area contributed by atoms with Crippen molar-refractivity contribution >= 4 is 12.0 Å². The van der Waals surface area contributed by atoms with Crippen molar-refractivity contribution in [3.8, 4) is 17.6 Å². The highest BCUT2D eigenvalue weighted by Crippen LogP contribution is 2.31. The van der Waals surface area contributed by atoms with Crippen molar-refractivity contribution in [2.45, 2.75) is 66.0 Å². The van der Waals surface area contributed by atoms with E-state index in [0.717, 1.165) is 24.8 Å². The molecule has 5 nitrogen and oxygen atoms in total. The number of nitrogens with zero attached hydrogens (tertiary/aromatic N) is 1. The third-order valence-electron chi connectivity index (χ3n) is 6.50. The molecule has 0 aromatic heterocycles. The van der Waals surface area contributed by atoms with E-state index in [1.807, 2.05) is 18.2 Å². The van der Waals surface area contributed by atoms with Crippen LogP contribution in [0.2, 0.25) is 0 Å². The molecule has 2 aromatic rings. The largest absolute Gasteiger partial charge is 0.493 e. The monoisotopic (exact) mass is 446 g/mol. The molecular formula is C28H34N2O3. The van der Waals surface area contributed by atoms with Gasteiger partial charge < -0.3 is 14.8 Å². The molecule has 174 valence electrons. The third kappa shape index (κ3) is 6.16. The first-order chi connectivity index (χ1) is 15.8. The Morgan fingerprint density at radius 2 is 1.82 bits per heavy atom. The zero-order valence-corrected chi connectivity index (χ0v) is 20.3. The van der Waals surface area contributed by atoms with Gasteiger partial charge in [0.15, 0.2) is 11.5 Å². The molecule has 0 saturated heterocycles. The van der Waals surface area contributed by atoms with Crippen molar-refractivity contribution in [3.05, 3.63) is 63.7 Å². The second kappa shape index (κ2) is 11.0. The van der Waals surface area contributed by atoms with E-state index in [0.29, 0.717) is 29.6 Å². The van der Waals surface area contributed by atoms with Gasteiger partial charge >= 0.3 is 0 Å². The van der Waals surface area contributed by atoms with Crippen molar-refractivity contribution in [3.63, 3.8) is 0 Å². The molecule has 0 radical (unpaired) electrons. The molecule has 2 aromatic carbocycles. The Hall–Kier alpha value is -3.26. The van der Waals surface area contributed by atoms with Crippen LogP contribution in [-0.4, -0.2) is 19.1 Å². The maximum absolute atomic E-state index is 12.7. The molecule has 1 aliphatic carbocycles. The summed E-state index contributed by atoms with van der Waals surface area (Å²) >= 11 is 0. The lowest BCUT2D eigenvalue weighted by molar-refractivity contribution is -0.118. The Morgan fingerprint density at radius 1 is 1.12 bits per heavy atom. The van der Waals surface area contributed by atoms with Gasteiger partial charge in [-0.2, -0.15) is 5.26 Å². The van der Waals surface area contributed by atoms with E-state index in [9.17, 15) is 10.1 Å². The molecule has 0 unspecified atom stereocenters. The van der Waals surface area contributed by atoms with Gasteiger partial charge in [0, 0.05) is 6.04 Å². The van der Waals surface area contributed by atoms with Gasteiger partial charge in [-0.15, -0.1) is 0 Å². The Bertz CT molecular complexity index is 1060. The van der Waals surface area contributed by atoms with Gasteiger partial charge in [0.05, 0.1) is 7.11 Å². The number of carbonyl (C=O) groups excluding carboxylic acids is 1. The standard InChI is InChI=1S/C28H34N2O3/c1-18-12-20(3)24(21(4)13-18)17-33-26-11-10-22(15-27(26)32-5)14-23(16-29)28(31)30-25-9-7-6-8-19(25)2/h10-15,19,25H,6-9,17H2,1-5H3,(H,30,31)/b23-14+/t19-,25+/m1/s1. The number of carbonyl (C=O) groups is 1. The molecule has 1 saturated carbocycles. The number of nitriles is 1. The van der Waals surface area contributed by atoms with Gasteiger partial charge in [0.25, 0.3) is 5.91 Å². The summed E-state index contributed by atoms with van der Waals surface area (Å²) in [7, 11) is 1.58. The van der Waals surface area contributed by atoms with Crippen LogP contribution in [0, 0.1) is 38.0 Å². The summed E-state index contributed by atoms with van der Waals surface area (Å²) in [6, 6.07) is 11.9. The number of aryl methyl sites for hydroxylation is 3. The fourth-order valence-electron chi connectivity index (χ4n) is 4.57. The summed E-state index contributed by atoms with van der Waals surface area (Å²) in [6.07, 6.45) is 5.98. The number of ether oxygens (including phenoxy) is 2. The fraction of sp³-hybridized carbons (Fsp3) is 0.429. The van der Waals surface area contributed by atoms with Crippen LogP contribution >= 0.6 is 0 Å². The number of hydrogen-bond acceptors (Lipinski definition) is 4. The van der Waals surface area contributed by atoms with Crippen molar-refractivity contribution in [1.29, 1.82) is 5.26 Å². The molecule has 2 atom stereocenters. The van der Waals surface area contributed by atoms with E-state index < -0.39 is 0 Å². The molecule has 33 heavy (non-hydrogen) atoms. The van der Waals surface area contributed by atoms with E-state index >= 15 is 0 Å². The smallest absolute Gasteiger partial charge is 0.262 e. The van der Waals surface area contributed by atoms with Gasteiger partial charge in [-0.1, -0.05) is 43.5 Å². The summed E-state index contributed by atoms with van der Waals surface area (Å²) in [5, 5.41) is 12.6. The summed E-state index contributed by atoms with van der Waals surface area (Å²) in [6.45, 7) is 8.86. The van der Waals surface area contributed by atoms with E-state index in [4.69, 9.17) is 9.47 Å². The van der Waals surface area contributed by atoms with Crippen molar-refractivity contribution in [2.24, 2.45) is 5.92 Å². The number of rotatable bonds is 7. The fourth-order valence-corrected chi connectivity index (χ4v) is 4.57. The SMILES string of the molecule is COc1cc(/C=C(\C#N)C(=O)N[C@H]2CCCC[C@H]2C)ccc1OCc1c(C)cc(C)cc1C. The first kappa shape index (κ1) is 24.4. The topological polar surface area (TPSA) is 71.3 Å². The van der Waals surface area contributed by atoms with Crippen LogP contribution in [0.3, 0.4) is 0 Å². The molecule has 1 N–H and O–H groups in total. The molecule has 3 rings (SSSR count). The maximum Gasteiger partial charge on any atom is 0.262 e. The molecule has 0 spiro atoms. The lowest BCUT2D eigenvalue weighted by Crippen LogP contribution is -2.41. The molecule has 1 aliphatic rings. The van der Waals surface area contributed by atoms with Crippen LogP contribution in [0.4, 0.5) is 0 Å². The molecule has 0 aliphatic heterocycles. The highest BCUT2D eigenvalue weighted by atomic mass is 16.5.